The van der Waals surface area contributed by atoms with Crippen LogP contribution < -0.4 is 5.32 Å². The van der Waals surface area contributed by atoms with Gasteiger partial charge in [-0.3, -0.25) is 0 Å². The molecule has 0 radical (unpaired) electrons. The minimum absolute atomic E-state index is 0.0903. The first kappa shape index (κ1) is 10.3. The summed E-state index contributed by atoms with van der Waals surface area (Å²) in [6.07, 6.45) is 2.33. The summed E-state index contributed by atoms with van der Waals surface area (Å²) in [7, 11) is 0. The van der Waals surface area contributed by atoms with Gasteiger partial charge in [0.05, 0.1) is 6.10 Å². The van der Waals surface area contributed by atoms with Gasteiger partial charge in [-0.2, -0.15) is 0 Å². The molecule has 1 aliphatic rings. The molecule has 0 unspecified atom stereocenters. The number of rotatable bonds is 2. The second kappa shape index (κ2) is 4.46. The van der Waals surface area contributed by atoms with E-state index in [0.717, 1.165) is 25.7 Å². The SMILES string of the molecule is C[C@@H](O)C1CCC(NC(=O)O)CC1. The highest BCUT2D eigenvalue weighted by molar-refractivity contribution is 5.64. The van der Waals surface area contributed by atoms with E-state index in [-0.39, 0.29) is 12.1 Å². The summed E-state index contributed by atoms with van der Waals surface area (Å²) in [6, 6.07) is 0.0903. The summed E-state index contributed by atoms with van der Waals surface area (Å²) in [5.41, 5.74) is 0. The van der Waals surface area contributed by atoms with Gasteiger partial charge in [-0.15, -0.1) is 0 Å². The van der Waals surface area contributed by atoms with E-state index in [9.17, 15) is 9.90 Å². The molecule has 1 rings (SSSR count). The number of carbonyl (C=O) groups is 1. The smallest absolute Gasteiger partial charge is 0.404 e. The lowest BCUT2D eigenvalue weighted by atomic mass is 9.83. The first-order valence-electron chi connectivity index (χ1n) is 4.77. The van der Waals surface area contributed by atoms with Crippen LogP contribution in [-0.4, -0.2) is 28.5 Å². The molecule has 4 heteroatoms. The number of aliphatic hydroxyl groups excluding tert-OH is 1. The average Bonchev–Trinajstić information content (AvgIpc) is 2.04. The van der Waals surface area contributed by atoms with Crippen molar-refractivity contribution in [1.29, 1.82) is 0 Å². The molecule has 1 atom stereocenters. The van der Waals surface area contributed by atoms with Crippen molar-refractivity contribution in [2.75, 3.05) is 0 Å². The molecule has 13 heavy (non-hydrogen) atoms. The molecule has 3 N–H and O–H groups in total. The number of amides is 1. The molecule has 0 bridgehead atoms. The van der Waals surface area contributed by atoms with Crippen LogP contribution in [0.5, 0.6) is 0 Å². The van der Waals surface area contributed by atoms with Crippen LogP contribution in [0.4, 0.5) is 4.79 Å². The topological polar surface area (TPSA) is 69.6 Å². The molecule has 0 aliphatic heterocycles. The normalized spacial score (nSPS) is 30.9. The number of aliphatic hydroxyl groups is 1. The molecule has 0 saturated heterocycles. The fraction of sp³-hybridized carbons (Fsp3) is 0.889. The molecule has 1 saturated carbocycles. The maximum atomic E-state index is 10.3. The van der Waals surface area contributed by atoms with Gasteiger partial charge in [0.1, 0.15) is 0 Å². The summed E-state index contributed by atoms with van der Waals surface area (Å²) < 4.78 is 0. The number of nitrogens with one attached hydrogen (secondary N) is 1. The molecule has 76 valence electrons. The van der Waals surface area contributed by atoms with E-state index in [2.05, 4.69) is 5.32 Å². The highest BCUT2D eigenvalue weighted by Crippen LogP contribution is 2.26. The van der Waals surface area contributed by atoms with Gasteiger partial charge in [0.15, 0.2) is 0 Å². The van der Waals surface area contributed by atoms with Crippen molar-refractivity contribution >= 4 is 6.09 Å². The summed E-state index contributed by atoms with van der Waals surface area (Å²) in [5, 5.41) is 20.3. The van der Waals surface area contributed by atoms with E-state index in [1.54, 1.807) is 6.92 Å². The van der Waals surface area contributed by atoms with Crippen molar-refractivity contribution < 1.29 is 15.0 Å². The van der Waals surface area contributed by atoms with Crippen LogP contribution in [0, 0.1) is 5.92 Å². The zero-order valence-electron chi connectivity index (χ0n) is 7.86. The van der Waals surface area contributed by atoms with Crippen LogP contribution in [0.15, 0.2) is 0 Å². The Balaban J connectivity index is 2.26. The van der Waals surface area contributed by atoms with Gasteiger partial charge in [-0.05, 0) is 38.5 Å². The number of hydrogen-bond donors (Lipinski definition) is 3. The van der Waals surface area contributed by atoms with Crippen LogP contribution >= 0.6 is 0 Å². The Labute approximate surface area is 78.0 Å². The molecule has 0 aromatic rings. The zero-order chi connectivity index (χ0) is 9.84. The van der Waals surface area contributed by atoms with Gasteiger partial charge >= 0.3 is 6.09 Å². The van der Waals surface area contributed by atoms with E-state index < -0.39 is 6.09 Å². The van der Waals surface area contributed by atoms with Crippen molar-refractivity contribution in [3.05, 3.63) is 0 Å². The Hall–Kier alpha value is -0.770. The van der Waals surface area contributed by atoms with E-state index in [0.29, 0.717) is 5.92 Å². The molecule has 4 nitrogen and oxygen atoms in total. The predicted octanol–water partition coefficient (Wildman–Crippen LogP) is 1.19. The van der Waals surface area contributed by atoms with Crippen LogP contribution in [0.3, 0.4) is 0 Å². The van der Waals surface area contributed by atoms with Crippen LogP contribution in [0.2, 0.25) is 0 Å². The molecule has 0 aromatic heterocycles. The van der Waals surface area contributed by atoms with Crippen molar-refractivity contribution in [1.82, 2.24) is 5.32 Å². The first-order valence-corrected chi connectivity index (χ1v) is 4.77. The number of carboxylic acid groups (broad SMARTS) is 1. The van der Waals surface area contributed by atoms with Crippen LogP contribution in [-0.2, 0) is 0 Å². The molecular weight excluding hydrogens is 170 g/mol. The van der Waals surface area contributed by atoms with Gasteiger partial charge in [-0.1, -0.05) is 0 Å². The van der Waals surface area contributed by atoms with Crippen molar-refractivity contribution in [3.63, 3.8) is 0 Å². The summed E-state index contributed by atoms with van der Waals surface area (Å²) in [6.45, 7) is 1.80. The second-order valence-electron chi connectivity index (χ2n) is 3.80. The van der Waals surface area contributed by atoms with E-state index in [1.807, 2.05) is 0 Å². The fourth-order valence-electron chi connectivity index (χ4n) is 1.92. The van der Waals surface area contributed by atoms with Crippen LogP contribution in [0.25, 0.3) is 0 Å². The summed E-state index contributed by atoms with van der Waals surface area (Å²) in [4.78, 5) is 10.3. The zero-order valence-corrected chi connectivity index (χ0v) is 7.86. The second-order valence-corrected chi connectivity index (χ2v) is 3.80. The molecule has 1 aliphatic carbocycles. The minimum Gasteiger partial charge on any atom is -0.465 e. The lowest BCUT2D eigenvalue weighted by Crippen LogP contribution is -2.38. The van der Waals surface area contributed by atoms with E-state index in [4.69, 9.17) is 5.11 Å². The molecule has 0 spiro atoms. The first-order chi connectivity index (χ1) is 6.09. The monoisotopic (exact) mass is 187 g/mol. The molecular formula is C9H17NO3. The quantitative estimate of drug-likeness (QED) is 0.608. The lowest BCUT2D eigenvalue weighted by molar-refractivity contribution is 0.0931. The van der Waals surface area contributed by atoms with Gasteiger partial charge in [0.25, 0.3) is 0 Å². The average molecular weight is 187 g/mol. The van der Waals surface area contributed by atoms with Gasteiger partial charge in [0.2, 0.25) is 0 Å². The third-order valence-electron chi connectivity index (χ3n) is 2.78. The fourth-order valence-corrected chi connectivity index (χ4v) is 1.92. The maximum Gasteiger partial charge on any atom is 0.404 e. The Bertz CT molecular complexity index is 174. The van der Waals surface area contributed by atoms with Gasteiger partial charge in [0, 0.05) is 6.04 Å². The summed E-state index contributed by atoms with van der Waals surface area (Å²) >= 11 is 0. The molecule has 1 fully saturated rings. The third kappa shape index (κ3) is 3.22. The Morgan fingerprint density at radius 1 is 1.38 bits per heavy atom. The third-order valence-corrected chi connectivity index (χ3v) is 2.78. The lowest BCUT2D eigenvalue weighted by Gasteiger charge is -2.29. The van der Waals surface area contributed by atoms with Crippen LogP contribution in [0.1, 0.15) is 32.6 Å². The van der Waals surface area contributed by atoms with E-state index >= 15 is 0 Å². The Morgan fingerprint density at radius 2 is 1.92 bits per heavy atom. The molecule has 0 aromatic carbocycles. The highest BCUT2D eigenvalue weighted by atomic mass is 16.4. The summed E-state index contributed by atoms with van der Waals surface area (Å²) in [5.74, 6) is 0.354. The Morgan fingerprint density at radius 3 is 2.31 bits per heavy atom. The maximum absolute atomic E-state index is 10.3. The molecule has 0 heterocycles. The van der Waals surface area contributed by atoms with E-state index in [1.165, 1.54) is 0 Å². The number of hydrogen-bond acceptors (Lipinski definition) is 2. The largest absolute Gasteiger partial charge is 0.465 e. The standard InChI is InChI=1S/C9H17NO3/c1-6(11)7-2-4-8(5-3-7)10-9(12)13/h6-8,10-11H,2-5H2,1H3,(H,12,13)/t6-,7?,8?/m1/s1. The predicted molar refractivity (Wildman–Crippen MR) is 48.6 cm³/mol. The minimum atomic E-state index is -0.944. The van der Waals surface area contributed by atoms with Gasteiger partial charge < -0.3 is 15.5 Å². The van der Waals surface area contributed by atoms with Crippen molar-refractivity contribution in [2.24, 2.45) is 5.92 Å². The molecule has 1 amide bonds. The van der Waals surface area contributed by atoms with Crippen molar-refractivity contribution in [2.45, 2.75) is 44.8 Å². The Kier molecular flexibility index (Phi) is 3.54. The highest BCUT2D eigenvalue weighted by Gasteiger charge is 2.24. The van der Waals surface area contributed by atoms with Gasteiger partial charge in [-0.25, -0.2) is 4.79 Å². The van der Waals surface area contributed by atoms with Crippen molar-refractivity contribution in [3.8, 4) is 0 Å².